The second-order valence-electron chi connectivity index (χ2n) is 7.73. The number of carbonyl (C=O) groups excluding carboxylic acids is 1. The van der Waals surface area contributed by atoms with E-state index < -0.39 is 0 Å². The summed E-state index contributed by atoms with van der Waals surface area (Å²) >= 11 is 0. The zero-order chi connectivity index (χ0) is 21.5. The van der Waals surface area contributed by atoms with Gasteiger partial charge in [-0.1, -0.05) is 80.4 Å². The summed E-state index contributed by atoms with van der Waals surface area (Å²) in [5.74, 6) is 0.0255. The zero-order valence-electron chi connectivity index (χ0n) is 17.9. The Hall–Kier alpha value is -3.53. The Labute approximate surface area is 183 Å². The number of hydrogen-bond donors (Lipinski definition) is 0. The van der Waals surface area contributed by atoms with Gasteiger partial charge in [0, 0.05) is 36.4 Å². The Kier molecular flexibility index (Phi) is 6.68. The van der Waals surface area contributed by atoms with Crippen LogP contribution < -0.4 is 0 Å². The fourth-order valence-electron chi connectivity index (χ4n) is 3.78. The minimum Gasteiger partial charge on any atom is -0.334 e. The smallest absolute Gasteiger partial charge is 0.254 e. The molecule has 0 bridgehead atoms. The first-order valence-electron chi connectivity index (χ1n) is 10.9. The van der Waals surface area contributed by atoms with Crippen molar-refractivity contribution in [2.75, 3.05) is 6.54 Å². The SMILES string of the molecule is CCCCCN(Cc1ccccc1)C(=O)c1cc(-c2ccccc2)nc2ccncc12. The largest absolute Gasteiger partial charge is 0.334 e. The lowest BCUT2D eigenvalue weighted by Crippen LogP contribution is -2.32. The molecule has 156 valence electrons. The van der Waals surface area contributed by atoms with Gasteiger partial charge < -0.3 is 4.90 Å². The second-order valence-corrected chi connectivity index (χ2v) is 7.73. The van der Waals surface area contributed by atoms with Gasteiger partial charge in [-0.15, -0.1) is 0 Å². The third-order valence-electron chi connectivity index (χ3n) is 5.45. The van der Waals surface area contributed by atoms with Crippen molar-refractivity contribution >= 4 is 16.8 Å². The molecule has 0 N–H and O–H groups in total. The van der Waals surface area contributed by atoms with Gasteiger partial charge in [0.25, 0.3) is 5.91 Å². The van der Waals surface area contributed by atoms with E-state index in [-0.39, 0.29) is 5.91 Å². The van der Waals surface area contributed by atoms with Crippen molar-refractivity contribution in [3.8, 4) is 11.3 Å². The van der Waals surface area contributed by atoms with Crippen LogP contribution in [0.25, 0.3) is 22.2 Å². The summed E-state index contributed by atoms with van der Waals surface area (Å²) in [4.78, 5) is 24.8. The summed E-state index contributed by atoms with van der Waals surface area (Å²) in [6, 6.07) is 24.0. The van der Waals surface area contributed by atoms with Crippen LogP contribution in [0.2, 0.25) is 0 Å². The number of rotatable bonds is 8. The van der Waals surface area contributed by atoms with Crippen molar-refractivity contribution in [2.24, 2.45) is 0 Å². The van der Waals surface area contributed by atoms with E-state index in [9.17, 15) is 4.79 Å². The van der Waals surface area contributed by atoms with E-state index in [1.807, 2.05) is 65.6 Å². The average molecular weight is 410 g/mol. The monoisotopic (exact) mass is 409 g/mol. The van der Waals surface area contributed by atoms with Gasteiger partial charge in [0.1, 0.15) is 0 Å². The van der Waals surface area contributed by atoms with Gasteiger partial charge in [-0.05, 0) is 24.1 Å². The van der Waals surface area contributed by atoms with E-state index in [0.717, 1.165) is 53.5 Å². The predicted octanol–water partition coefficient (Wildman–Crippen LogP) is 6.13. The molecule has 0 aliphatic carbocycles. The molecule has 0 spiro atoms. The maximum Gasteiger partial charge on any atom is 0.254 e. The van der Waals surface area contributed by atoms with Crippen LogP contribution in [0.1, 0.15) is 42.1 Å². The topological polar surface area (TPSA) is 46.1 Å². The highest BCUT2D eigenvalue weighted by Crippen LogP contribution is 2.26. The molecule has 4 aromatic rings. The number of aromatic nitrogens is 2. The molecule has 0 aliphatic heterocycles. The molecule has 0 fully saturated rings. The molecule has 4 rings (SSSR count). The lowest BCUT2D eigenvalue weighted by molar-refractivity contribution is 0.0742. The van der Waals surface area contributed by atoms with Gasteiger partial charge >= 0.3 is 0 Å². The standard InChI is InChI=1S/C27H27N3O/c1-2-3-10-17-30(20-21-11-6-4-7-12-21)27(31)23-18-26(22-13-8-5-9-14-22)29-25-15-16-28-19-24(23)25/h4-9,11-16,18-19H,2-3,10,17,20H2,1H3. The lowest BCUT2D eigenvalue weighted by atomic mass is 10.0. The summed E-state index contributed by atoms with van der Waals surface area (Å²) in [5, 5.41) is 0.792. The number of hydrogen-bond acceptors (Lipinski definition) is 3. The third-order valence-corrected chi connectivity index (χ3v) is 5.45. The Balaban J connectivity index is 1.75. The molecule has 31 heavy (non-hydrogen) atoms. The summed E-state index contributed by atoms with van der Waals surface area (Å²) in [5.41, 5.74) is 4.37. The lowest BCUT2D eigenvalue weighted by Gasteiger charge is -2.24. The summed E-state index contributed by atoms with van der Waals surface area (Å²) in [6.07, 6.45) is 6.68. The maximum atomic E-state index is 13.8. The first-order chi connectivity index (χ1) is 15.3. The van der Waals surface area contributed by atoms with Crippen molar-refractivity contribution in [3.05, 3.63) is 96.3 Å². The van der Waals surface area contributed by atoms with Crippen molar-refractivity contribution in [1.82, 2.24) is 14.9 Å². The van der Waals surface area contributed by atoms with Crippen LogP contribution in [0.4, 0.5) is 0 Å². The van der Waals surface area contributed by atoms with E-state index in [2.05, 4.69) is 24.0 Å². The summed E-state index contributed by atoms with van der Waals surface area (Å²) in [6.45, 7) is 3.50. The highest BCUT2D eigenvalue weighted by atomic mass is 16.2. The number of nitrogens with zero attached hydrogens (tertiary/aromatic N) is 3. The van der Waals surface area contributed by atoms with E-state index in [1.54, 1.807) is 12.4 Å². The molecule has 0 atom stereocenters. The van der Waals surface area contributed by atoms with Gasteiger partial charge in [-0.2, -0.15) is 0 Å². The molecular formula is C27H27N3O. The fraction of sp³-hybridized carbons (Fsp3) is 0.222. The van der Waals surface area contributed by atoms with Gasteiger partial charge in [0.15, 0.2) is 0 Å². The van der Waals surface area contributed by atoms with Crippen LogP contribution in [0.3, 0.4) is 0 Å². The average Bonchev–Trinajstić information content (AvgIpc) is 2.83. The molecule has 0 radical (unpaired) electrons. The first kappa shape index (κ1) is 20.7. The Bertz CT molecular complexity index is 1140. The van der Waals surface area contributed by atoms with Crippen LogP contribution in [0.15, 0.2) is 85.2 Å². The molecule has 0 saturated carbocycles. The number of pyridine rings is 2. The highest BCUT2D eigenvalue weighted by Gasteiger charge is 2.20. The van der Waals surface area contributed by atoms with Crippen LogP contribution in [0, 0.1) is 0 Å². The van der Waals surface area contributed by atoms with Crippen LogP contribution in [-0.4, -0.2) is 27.3 Å². The van der Waals surface area contributed by atoms with Gasteiger partial charge in [0.2, 0.25) is 0 Å². The molecule has 0 saturated heterocycles. The Morgan fingerprint density at radius 2 is 1.68 bits per heavy atom. The molecule has 2 aromatic carbocycles. The van der Waals surface area contributed by atoms with Crippen molar-refractivity contribution in [1.29, 1.82) is 0 Å². The minimum absolute atomic E-state index is 0.0255. The van der Waals surface area contributed by atoms with Gasteiger partial charge in [-0.3, -0.25) is 9.78 Å². The molecule has 2 aromatic heterocycles. The van der Waals surface area contributed by atoms with E-state index in [1.165, 1.54) is 0 Å². The minimum atomic E-state index is 0.0255. The second kappa shape index (κ2) is 9.98. The predicted molar refractivity (Wildman–Crippen MR) is 126 cm³/mol. The molecule has 0 aliphatic rings. The normalized spacial score (nSPS) is 10.9. The molecular weight excluding hydrogens is 382 g/mol. The van der Waals surface area contributed by atoms with Crippen LogP contribution in [-0.2, 0) is 6.54 Å². The van der Waals surface area contributed by atoms with Gasteiger partial charge in [0.05, 0.1) is 16.8 Å². The maximum absolute atomic E-state index is 13.8. The molecule has 2 heterocycles. The fourth-order valence-corrected chi connectivity index (χ4v) is 3.78. The molecule has 1 amide bonds. The van der Waals surface area contributed by atoms with Crippen LogP contribution >= 0.6 is 0 Å². The van der Waals surface area contributed by atoms with Crippen molar-refractivity contribution in [2.45, 2.75) is 32.7 Å². The zero-order valence-corrected chi connectivity index (χ0v) is 17.9. The molecule has 4 heteroatoms. The molecule has 4 nitrogen and oxygen atoms in total. The first-order valence-corrected chi connectivity index (χ1v) is 10.9. The summed E-state index contributed by atoms with van der Waals surface area (Å²) < 4.78 is 0. The number of amides is 1. The highest BCUT2D eigenvalue weighted by molar-refractivity contribution is 6.07. The quantitative estimate of drug-likeness (QED) is 0.329. The van der Waals surface area contributed by atoms with Crippen molar-refractivity contribution < 1.29 is 4.79 Å². The van der Waals surface area contributed by atoms with Crippen LogP contribution in [0.5, 0.6) is 0 Å². The van der Waals surface area contributed by atoms with E-state index in [4.69, 9.17) is 4.98 Å². The Morgan fingerprint density at radius 1 is 0.935 bits per heavy atom. The van der Waals surface area contributed by atoms with Gasteiger partial charge in [-0.25, -0.2) is 4.98 Å². The Morgan fingerprint density at radius 3 is 2.42 bits per heavy atom. The van der Waals surface area contributed by atoms with E-state index in [0.29, 0.717) is 12.1 Å². The third kappa shape index (κ3) is 4.97. The summed E-state index contributed by atoms with van der Waals surface area (Å²) in [7, 11) is 0. The van der Waals surface area contributed by atoms with Crippen molar-refractivity contribution in [3.63, 3.8) is 0 Å². The number of carbonyl (C=O) groups is 1. The van der Waals surface area contributed by atoms with E-state index >= 15 is 0 Å². The number of fused-ring (bicyclic) bond motifs is 1. The molecule has 0 unspecified atom stereocenters. The number of unbranched alkanes of at least 4 members (excludes halogenated alkanes) is 2. The number of benzene rings is 2.